The van der Waals surface area contributed by atoms with E-state index in [1.807, 2.05) is 31.2 Å². The summed E-state index contributed by atoms with van der Waals surface area (Å²) < 4.78 is 5.62. The van der Waals surface area contributed by atoms with Crippen molar-refractivity contribution in [2.75, 3.05) is 6.61 Å². The average Bonchev–Trinajstić information content (AvgIpc) is 2.28. The number of carbonyl (C=O) groups is 1. The number of ether oxygens (including phenoxy) is 1. The zero-order valence-corrected chi connectivity index (χ0v) is 9.40. The van der Waals surface area contributed by atoms with Crippen LogP contribution < -0.4 is 4.74 Å². The van der Waals surface area contributed by atoms with E-state index in [0.717, 1.165) is 37.0 Å². The van der Waals surface area contributed by atoms with Crippen LogP contribution in [0.25, 0.3) is 0 Å². The summed E-state index contributed by atoms with van der Waals surface area (Å²) in [5, 5.41) is 0. The molecule has 0 aliphatic rings. The van der Waals surface area contributed by atoms with Gasteiger partial charge in [-0.05, 0) is 24.5 Å². The molecule has 0 bridgehead atoms. The summed E-state index contributed by atoms with van der Waals surface area (Å²) >= 11 is 0. The standard InChI is InChI=1S/C13H18O2/c1-3-8-15-13-7-5-4-6-12(13)9-11(2)10-14/h4-7,10-11H,3,8-9H2,1-2H3. The lowest BCUT2D eigenvalue weighted by Gasteiger charge is -2.11. The summed E-state index contributed by atoms with van der Waals surface area (Å²) in [6.45, 7) is 4.73. The van der Waals surface area contributed by atoms with Gasteiger partial charge in [-0.15, -0.1) is 0 Å². The van der Waals surface area contributed by atoms with E-state index in [1.165, 1.54) is 0 Å². The molecule has 2 heteroatoms. The Labute approximate surface area is 91.3 Å². The van der Waals surface area contributed by atoms with Crippen LogP contribution >= 0.6 is 0 Å². The highest BCUT2D eigenvalue weighted by Gasteiger charge is 2.06. The van der Waals surface area contributed by atoms with Gasteiger partial charge in [0.25, 0.3) is 0 Å². The van der Waals surface area contributed by atoms with Crippen molar-refractivity contribution in [3.63, 3.8) is 0 Å². The summed E-state index contributed by atoms with van der Waals surface area (Å²) in [4.78, 5) is 10.6. The Balaban J connectivity index is 2.71. The van der Waals surface area contributed by atoms with E-state index in [4.69, 9.17) is 4.74 Å². The van der Waals surface area contributed by atoms with Gasteiger partial charge < -0.3 is 9.53 Å². The molecule has 0 saturated heterocycles. The normalized spacial score (nSPS) is 12.1. The van der Waals surface area contributed by atoms with Gasteiger partial charge in [-0.25, -0.2) is 0 Å². The molecule has 1 unspecified atom stereocenters. The second-order valence-corrected chi connectivity index (χ2v) is 3.77. The molecule has 0 spiro atoms. The zero-order valence-electron chi connectivity index (χ0n) is 9.40. The number of rotatable bonds is 6. The van der Waals surface area contributed by atoms with Crippen LogP contribution in [0.4, 0.5) is 0 Å². The maximum Gasteiger partial charge on any atom is 0.123 e. The van der Waals surface area contributed by atoms with Gasteiger partial charge in [0, 0.05) is 5.92 Å². The van der Waals surface area contributed by atoms with Crippen LogP contribution in [0.2, 0.25) is 0 Å². The van der Waals surface area contributed by atoms with E-state index < -0.39 is 0 Å². The minimum atomic E-state index is 0.0522. The Bertz CT molecular complexity index is 307. The lowest BCUT2D eigenvalue weighted by atomic mass is 10.0. The molecule has 0 saturated carbocycles. The van der Waals surface area contributed by atoms with E-state index in [0.29, 0.717) is 0 Å². The Morgan fingerprint density at radius 2 is 2.13 bits per heavy atom. The largest absolute Gasteiger partial charge is 0.493 e. The summed E-state index contributed by atoms with van der Waals surface area (Å²) in [6.07, 6.45) is 2.73. The first-order valence-electron chi connectivity index (χ1n) is 5.44. The van der Waals surface area contributed by atoms with Crippen molar-refractivity contribution in [1.29, 1.82) is 0 Å². The van der Waals surface area contributed by atoms with Crippen LogP contribution in [0, 0.1) is 5.92 Å². The summed E-state index contributed by atoms with van der Waals surface area (Å²) in [6, 6.07) is 7.92. The molecule has 0 N–H and O–H groups in total. The third kappa shape index (κ3) is 3.74. The molecule has 0 radical (unpaired) electrons. The number of hydrogen-bond donors (Lipinski definition) is 0. The fourth-order valence-electron chi connectivity index (χ4n) is 1.42. The van der Waals surface area contributed by atoms with Crippen molar-refractivity contribution in [2.45, 2.75) is 26.7 Å². The van der Waals surface area contributed by atoms with Crippen molar-refractivity contribution in [3.05, 3.63) is 29.8 Å². The monoisotopic (exact) mass is 206 g/mol. The second-order valence-electron chi connectivity index (χ2n) is 3.77. The predicted octanol–water partition coefficient (Wildman–Crippen LogP) is 2.85. The Hall–Kier alpha value is -1.31. The summed E-state index contributed by atoms with van der Waals surface area (Å²) in [5.74, 6) is 0.962. The molecule has 1 atom stereocenters. The van der Waals surface area contributed by atoms with Gasteiger partial charge >= 0.3 is 0 Å². The number of para-hydroxylation sites is 1. The van der Waals surface area contributed by atoms with Gasteiger partial charge in [0.15, 0.2) is 0 Å². The molecule has 1 rings (SSSR count). The number of hydrogen-bond acceptors (Lipinski definition) is 2. The average molecular weight is 206 g/mol. The number of benzene rings is 1. The molecule has 0 aromatic heterocycles. The minimum Gasteiger partial charge on any atom is -0.493 e. The molecule has 0 aliphatic carbocycles. The van der Waals surface area contributed by atoms with Crippen molar-refractivity contribution >= 4 is 6.29 Å². The maximum absolute atomic E-state index is 10.6. The highest BCUT2D eigenvalue weighted by Crippen LogP contribution is 2.20. The van der Waals surface area contributed by atoms with Gasteiger partial charge in [0.1, 0.15) is 12.0 Å². The molecule has 0 heterocycles. The fraction of sp³-hybridized carbons (Fsp3) is 0.462. The van der Waals surface area contributed by atoms with Gasteiger partial charge in [-0.1, -0.05) is 32.0 Å². The first-order chi connectivity index (χ1) is 7.27. The molecule has 2 nitrogen and oxygen atoms in total. The predicted molar refractivity (Wildman–Crippen MR) is 61.2 cm³/mol. The molecule has 1 aromatic rings. The molecule has 82 valence electrons. The lowest BCUT2D eigenvalue weighted by Crippen LogP contribution is -2.04. The smallest absolute Gasteiger partial charge is 0.123 e. The Morgan fingerprint density at radius 3 is 2.80 bits per heavy atom. The van der Waals surface area contributed by atoms with Crippen molar-refractivity contribution < 1.29 is 9.53 Å². The highest BCUT2D eigenvalue weighted by molar-refractivity contribution is 5.54. The van der Waals surface area contributed by atoms with Crippen LogP contribution in [0.5, 0.6) is 5.75 Å². The van der Waals surface area contributed by atoms with Crippen LogP contribution in [-0.4, -0.2) is 12.9 Å². The van der Waals surface area contributed by atoms with Gasteiger partial charge in [-0.2, -0.15) is 0 Å². The van der Waals surface area contributed by atoms with Crippen LogP contribution in [0.15, 0.2) is 24.3 Å². The SMILES string of the molecule is CCCOc1ccccc1CC(C)C=O. The second kappa shape index (κ2) is 6.23. The Kier molecular flexibility index (Phi) is 4.88. The topological polar surface area (TPSA) is 26.3 Å². The van der Waals surface area contributed by atoms with Crippen molar-refractivity contribution in [1.82, 2.24) is 0 Å². The summed E-state index contributed by atoms with van der Waals surface area (Å²) in [7, 11) is 0. The van der Waals surface area contributed by atoms with Crippen LogP contribution in [0.3, 0.4) is 0 Å². The molecule has 15 heavy (non-hydrogen) atoms. The quantitative estimate of drug-likeness (QED) is 0.669. The van der Waals surface area contributed by atoms with E-state index in [1.54, 1.807) is 0 Å². The van der Waals surface area contributed by atoms with Gasteiger partial charge in [0.2, 0.25) is 0 Å². The minimum absolute atomic E-state index is 0.0522. The van der Waals surface area contributed by atoms with Gasteiger partial charge in [-0.3, -0.25) is 0 Å². The van der Waals surface area contributed by atoms with E-state index in [2.05, 4.69) is 6.92 Å². The van der Waals surface area contributed by atoms with E-state index in [-0.39, 0.29) is 5.92 Å². The molecule has 0 aliphatic heterocycles. The molecule has 1 aromatic carbocycles. The molecular weight excluding hydrogens is 188 g/mol. The third-order valence-electron chi connectivity index (χ3n) is 2.21. The van der Waals surface area contributed by atoms with E-state index in [9.17, 15) is 4.79 Å². The zero-order chi connectivity index (χ0) is 11.1. The van der Waals surface area contributed by atoms with Crippen LogP contribution in [0.1, 0.15) is 25.8 Å². The first-order valence-corrected chi connectivity index (χ1v) is 5.44. The molecule has 0 fully saturated rings. The number of carbonyl (C=O) groups excluding carboxylic acids is 1. The van der Waals surface area contributed by atoms with Crippen LogP contribution in [-0.2, 0) is 11.2 Å². The molecule has 0 amide bonds. The summed E-state index contributed by atoms with van der Waals surface area (Å²) in [5.41, 5.74) is 1.12. The van der Waals surface area contributed by atoms with Gasteiger partial charge in [0.05, 0.1) is 6.61 Å². The fourth-order valence-corrected chi connectivity index (χ4v) is 1.42. The van der Waals surface area contributed by atoms with Crippen molar-refractivity contribution in [3.8, 4) is 5.75 Å². The maximum atomic E-state index is 10.6. The first kappa shape index (κ1) is 11.8. The third-order valence-corrected chi connectivity index (χ3v) is 2.21. The molecular formula is C13H18O2. The van der Waals surface area contributed by atoms with E-state index >= 15 is 0 Å². The number of aldehydes is 1. The Morgan fingerprint density at radius 1 is 1.40 bits per heavy atom. The van der Waals surface area contributed by atoms with Crippen molar-refractivity contribution in [2.24, 2.45) is 5.92 Å². The lowest BCUT2D eigenvalue weighted by molar-refractivity contribution is -0.110. The highest BCUT2D eigenvalue weighted by atomic mass is 16.5.